The molecule has 1 aromatic heterocycles. The fraction of sp³-hybridized carbons (Fsp3) is 0.333. The van der Waals surface area contributed by atoms with Gasteiger partial charge >= 0.3 is 0 Å². The van der Waals surface area contributed by atoms with Gasteiger partial charge in [-0.3, -0.25) is 0 Å². The van der Waals surface area contributed by atoms with Gasteiger partial charge in [0.2, 0.25) is 0 Å². The maximum absolute atomic E-state index is 10.3. The summed E-state index contributed by atoms with van der Waals surface area (Å²) in [6, 6.07) is 9.32. The summed E-state index contributed by atoms with van der Waals surface area (Å²) >= 11 is 0. The first-order valence-electron chi connectivity index (χ1n) is 13.6. The van der Waals surface area contributed by atoms with E-state index in [4.69, 9.17) is 5.73 Å². The monoisotopic (exact) mass is 493 g/mol. The molecule has 0 bridgehead atoms. The van der Waals surface area contributed by atoms with Crippen LogP contribution in [0, 0.1) is 5.92 Å². The maximum Gasteiger partial charge on any atom is 0.149 e. The maximum atomic E-state index is 10.3. The summed E-state index contributed by atoms with van der Waals surface area (Å²) in [5.74, 6) is 1.68. The molecule has 1 saturated carbocycles. The molecular weight excluding hydrogens is 454 g/mol. The molecule has 0 saturated heterocycles. The molecule has 1 aromatic carbocycles. The largest absolute Gasteiger partial charge is 0.507 e. The van der Waals surface area contributed by atoms with Crippen molar-refractivity contribution in [2.24, 2.45) is 5.92 Å². The number of phenolic OH excluding ortho intramolecular Hbond substituents is 1. The lowest BCUT2D eigenvalue weighted by Crippen LogP contribution is -2.10. The second-order valence-electron chi connectivity index (χ2n) is 10.1. The standard InChI is InChI=1S/C33H39N3O/c1-25-14-4-2-6-16-26(17-7-3-5-15-25)27-18-8-10-20-28(21-11-9-19-27)30-24-31(35-36-33(30)34)29-22-12-13-23-32(29)37/h2-7,12-17,22-24,27-28,37H,8-11,18-21H2,1H3,(H2,34,36)/b4-2-,5-3?,6-2?,7-3-,14-4?,15-5-,16-6-,17-7?,25-14-,25-15?,26-16?,26-17+. The predicted octanol–water partition coefficient (Wildman–Crippen LogP) is 8.38. The minimum Gasteiger partial charge on any atom is -0.507 e. The van der Waals surface area contributed by atoms with Crippen molar-refractivity contribution in [3.63, 3.8) is 0 Å². The Hall–Kier alpha value is -3.66. The highest BCUT2D eigenvalue weighted by molar-refractivity contribution is 5.68. The van der Waals surface area contributed by atoms with Gasteiger partial charge in [-0.25, -0.2) is 0 Å². The van der Waals surface area contributed by atoms with Crippen LogP contribution in [0.15, 0.2) is 102 Å². The van der Waals surface area contributed by atoms with Crippen molar-refractivity contribution in [2.45, 2.75) is 64.2 Å². The lowest BCUT2D eigenvalue weighted by molar-refractivity contribution is 0.412. The molecule has 4 heteroatoms. The fourth-order valence-corrected chi connectivity index (χ4v) is 5.32. The third kappa shape index (κ3) is 7.66. The van der Waals surface area contributed by atoms with Crippen LogP contribution in [0.1, 0.15) is 69.8 Å². The molecule has 0 aliphatic heterocycles. The molecule has 0 spiro atoms. The van der Waals surface area contributed by atoms with Crippen molar-refractivity contribution in [1.82, 2.24) is 10.2 Å². The highest BCUT2D eigenvalue weighted by atomic mass is 16.3. The molecule has 2 aliphatic rings. The third-order valence-corrected chi connectivity index (χ3v) is 7.40. The predicted molar refractivity (Wildman–Crippen MR) is 155 cm³/mol. The topological polar surface area (TPSA) is 72.0 Å². The van der Waals surface area contributed by atoms with Gasteiger partial charge in [0, 0.05) is 11.1 Å². The van der Waals surface area contributed by atoms with Crippen molar-refractivity contribution < 1.29 is 5.11 Å². The number of hydrogen-bond donors (Lipinski definition) is 2. The van der Waals surface area contributed by atoms with Gasteiger partial charge in [-0.2, -0.15) is 0 Å². The number of allylic oxidation sites excluding steroid dienone is 12. The van der Waals surface area contributed by atoms with Crippen LogP contribution in [0.5, 0.6) is 5.75 Å². The molecule has 0 radical (unpaired) electrons. The summed E-state index contributed by atoms with van der Waals surface area (Å²) in [7, 11) is 0. The van der Waals surface area contributed by atoms with E-state index in [0.29, 0.717) is 28.9 Å². The number of nitrogen functional groups attached to an aromatic ring is 1. The van der Waals surface area contributed by atoms with E-state index < -0.39 is 0 Å². The molecule has 0 unspecified atom stereocenters. The van der Waals surface area contributed by atoms with Gasteiger partial charge in [-0.15, -0.1) is 10.2 Å². The number of aromatic nitrogens is 2. The van der Waals surface area contributed by atoms with Crippen LogP contribution in [0.3, 0.4) is 0 Å². The normalized spacial score (nSPS) is 27.7. The molecule has 192 valence electrons. The summed E-state index contributed by atoms with van der Waals surface area (Å²) < 4.78 is 0. The number of benzene rings is 1. The van der Waals surface area contributed by atoms with E-state index in [1.165, 1.54) is 36.8 Å². The number of nitrogens with two attached hydrogens (primary N) is 1. The van der Waals surface area contributed by atoms with Crippen molar-refractivity contribution in [3.8, 4) is 17.0 Å². The molecule has 3 N–H and O–H groups in total. The van der Waals surface area contributed by atoms with Crippen molar-refractivity contribution in [2.75, 3.05) is 5.73 Å². The molecular formula is C33H39N3O. The van der Waals surface area contributed by atoms with Crippen LogP contribution >= 0.6 is 0 Å². The van der Waals surface area contributed by atoms with Crippen molar-refractivity contribution in [3.05, 3.63) is 108 Å². The summed E-state index contributed by atoms with van der Waals surface area (Å²) in [5, 5.41) is 18.8. The lowest BCUT2D eigenvalue weighted by atomic mass is 9.82. The number of aromatic hydroxyl groups is 1. The van der Waals surface area contributed by atoms with E-state index in [2.05, 4.69) is 77.9 Å². The Kier molecular flexibility index (Phi) is 9.70. The van der Waals surface area contributed by atoms with Crippen LogP contribution in [-0.4, -0.2) is 15.3 Å². The Morgan fingerprint density at radius 1 is 0.757 bits per heavy atom. The average molecular weight is 494 g/mol. The summed E-state index contributed by atoms with van der Waals surface area (Å²) in [6.45, 7) is 2.11. The second-order valence-corrected chi connectivity index (χ2v) is 10.1. The molecule has 1 fully saturated rings. The SMILES string of the molecule is CC1=C/C=C\C=C/C(C2CCCCC(c3cc(-c4ccccc4O)nnc3N)CCCC2)=C\C=C/C=C\1. The minimum absolute atomic E-state index is 0.215. The van der Waals surface area contributed by atoms with Crippen LogP contribution in [0.25, 0.3) is 11.3 Å². The molecule has 1 heterocycles. The molecule has 0 amide bonds. The number of phenols is 1. The molecule has 2 aliphatic carbocycles. The van der Waals surface area contributed by atoms with Crippen molar-refractivity contribution >= 4 is 5.82 Å². The van der Waals surface area contributed by atoms with E-state index >= 15 is 0 Å². The van der Waals surface area contributed by atoms with Gasteiger partial charge in [-0.1, -0.05) is 104 Å². The summed E-state index contributed by atoms with van der Waals surface area (Å²) in [5.41, 5.74) is 11.4. The number of anilines is 1. The van der Waals surface area contributed by atoms with E-state index in [-0.39, 0.29) is 5.75 Å². The van der Waals surface area contributed by atoms with E-state index in [1.54, 1.807) is 6.07 Å². The molecule has 4 rings (SSSR count). The highest BCUT2D eigenvalue weighted by Gasteiger charge is 2.20. The minimum atomic E-state index is 0.215. The molecule has 37 heavy (non-hydrogen) atoms. The zero-order chi connectivity index (χ0) is 25.9. The van der Waals surface area contributed by atoms with Gasteiger partial charge in [-0.05, 0) is 68.2 Å². The first-order valence-corrected chi connectivity index (χ1v) is 13.6. The van der Waals surface area contributed by atoms with E-state index in [9.17, 15) is 5.11 Å². The van der Waals surface area contributed by atoms with Gasteiger partial charge in [0.15, 0.2) is 0 Å². The smallest absolute Gasteiger partial charge is 0.149 e. The average Bonchev–Trinajstić information content (AvgIpc) is 2.90. The summed E-state index contributed by atoms with van der Waals surface area (Å²) in [6.07, 6.45) is 30.9. The summed E-state index contributed by atoms with van der Waals surface area (Å²) in [4.78, 5) is 0. The first kappa shape index (κ1) is 26.4. The van der Waals surface area contributed by atoms with Crippen molar-refractivity contribution in [1.29, 1.82) is 0 Å². The zero-order valence-electron chi connectivity index (χ0n) is 21.9. The van der Waals surface area contributed by atoms with Gasteiger partial charge in [0.05, 0.1) is 5.69 Å². The van der Waals surface area contributed by atoms with Gasteiger partial charge in [0.1, 0.15) is 11.6 Å². The van der Waals surface area contributed by atoms with Crippen LogP contribution in [-0.2, 0) is 0 Å². The Morgan fingerprint density at radius 3 is 2.14 bits per heavy atom. The Labute approximate surface area is 221 Å². The number of nitrogens with zero attached hydrogens (tertiary/aromatic N) is 2. The quantitative estimate of drug-likeness (QED) is 0.450. The fourth-order valence-electron chi connectivity index (χ4n) is 5.32. The second kappa shape index (κ2) is 13.6. The van der Waals surface area contributed by atoms with E-state index in [1.807, 2.05) is 24.3 Å². The van der Waals surface area contributed by atoms with Crippen LogP contribution in [0.4, 0.5) is 5.82 Å². The molecule has 2 aromatic rings. The Morgan fingerprint density at radius 2 is 1.41 bits per heavy atom. The van der Waals surface area contributed by atoms with Gasteiger partial charge < -0.3 is 10.8 Å². The molecule has 4 nitrogen and oxygen atoms in total. The Bertz CT molecular complexity index is 1220. The lowest BCUT2D eigenvalue weighted by Gasteiger charge is -2.24. The number of hydrogen-bond acceptors (Lipinski definition) is 4. The number of rotatable bonds is 3. The van der Waals surface area contributed by atoms with Crippen LogP contribution in [0.2, 0.25) is 0 Å². The number of para-hydroxylation sites is 1. The zero-order valence-corrected chi connectivity index (χ0v) is 21.9. The first-order chi connectivity index (χ1) is 18.1. The van der Waals surface area contributed by atoms with Gasteiger partial charge in [0.25, 0.3) is 0 Å². The third-order valence-electron chi connectivity index (χ3n) is 7.40. The van der Waals surface area contributed by atoms with Crippen LogP contribution < -0.4 is 5.73 Å². The Balaban J connectivity index is 1.45. The molecule has 0 atom stereocenters. The highest BCUT2D eigenvalue weighted by Crippen LogP contribution is 2.37. The van der Waals surface area contributed by atoms with E-state index in [0.717, 1.165) is 31.2 Å².